The summed E-state index contributed by atoms with van der Waals surface area (Å²) in [5.41, 5.74) is 12.1. The zero-order chi connectivity index (χ0) is 33.7. The highest BCUT2D eigenvalue weighted by Gasteiger charge is 2.37. The Morgan fingerprint density at radius 1 is 0.471 bits per heavy atom. The molecule has 0 saturated carbocycles. The molecule has 1 unspecified atom stereocenters. The number of hydrogen-bond acceptors (Lipinski definition) is 4. The molecule has 4 nitrogen and oxygen atoms in total. The molecule has 240 valence electrons. The third-order valence-corrected chi connectivity index (χ3v) is 10.0. The van der Waals surface area contributed by atoms with E-state index in [1.807, 2.05) is 60.7 Å². The third kappa shape index (κ3) is 5.12. The zero-order valence-electron chi connectivity index (χ0n) is 27.7. The van der Waals surface area contributed by atoms with Crippen molar-refractivity contribution in [2.75, 3.05) is 0 Å². The van der Waals surface area contributed by atoms with Crippen LogP contribution in [-0.2, 0) is 6.42 Å². The summed E-state index contributed by atoms with van der Waals surface area (Å²) in [6, 6.07) is 57.1. The first kappa shape index (κ1) is 29.3. The Morgan fingerprint density at radius 3 is 1.84 bits per heavy atom. The van der Waals surface area contributed by atoms with Crippen molar-refractivity contribution >= 4 is 22.4 Å². The van der Waals surface area contributed by atoms with E-state index in [9.17, 15) is 0 Å². The molecule has 1 atom stereocenters. The lowest BCUT2D eigenvalue weighted by molar-refractivity contribution is 0.277. The van der Waals surface area contributed by atoms with Crippen molar-refractivity contribution in [3.63, 3.8) is 0 Å². The van der Waals surface area contributed by atoms with Crippen LogP contribution in [0.2, 0.25) is 0 Å². The van der Waals surface area contributed by atoms with Crippen molar-refractivity contribution in [3.05, 3.63) is 180 Å². The van der Waals surface area contributed by atoms with Crippen molar-refractivity contribution in [1.82, 2.24) is 15.0 Å². The molecule has 51 heavy (non-hydrogen) atoms. The quantitative estimate of drug-likeness (QED) is 0.185. The van der Waals surface area contributed by atoms with Crippen LogP contribution >= 0.6 is 0 Å². The molecule has 1 aromatic heterocycles. The first-order chi connectivity index (χ1) is 25.3. The molecule has 0 bridgehead atoms. The van der Waals surface area contributed by atoms with Crippen LogP contribution in [0.4, 0.5) is 0 Å². The number of benzene rings is 7. The molecule has 0 amide bonds. The van der Waals surface area contributed by atoms with Crippen LogP contribution in [0.25, 0.3) is 78.8 Å². The molecular formula is C47H31N3O. The fourth-order valence-electron chi connectivity index (χ4n) is 7.58. The van der Waals surface area contributed by atoms with E-state index in [1.165, 1.54) is 33.0 Å². The molecule has 4 heteroatoms. The number of rotatable bonds is 5. The van der Waals surface area contributed by atoms with Gasteiger partial charge in [-0.1, -0.05) is 146 Å². The third-order valence-electron chi connectivity index (χ3n) is 10.0. The van der Waals surface area contributed by atoms with Crippen molar-refractivity contribution in [3.8, 4) is 62.2 Å². The Bertz CT molecular complexity index is 2580. The van der Waals surface area contributed by atoms with Gasteiger partial charge in [0.1, 0.15) is 11.9 Å². The van der Waals surface area contributed by atoms with Gasteiger partial charge in [-0.3, -0.25) is 0 Å². The van der Waals surface area contributed by atoms with Gasteiger partial charge in [0, 0.05) is 39.8 Å². The normalized spacial score (nSPS) is 14.3. The smallest absolute Gasteiger partial charge is 0.164 e. The summed E-state index contributed by atoms with van der Waals surface area (Å²) >= 11 is 0. The molecule has 2 aliphatic rings. The van der Waals surface area contributed by atoms with Crippen LogP contribution in [0, 0.1) is 0 Å². The molecule has 0 radical (unpaired) electrons. The van der Waals surface area contributed by atoms with E-state index >= 15 is 0 Å². The van der Waals surface area contributed by atoms with Crippen LogP contribution in [0.15, 0.2) is 164 Å². The topological polar surface area (TPSA) is 47.9 Å². The van der Waals surface area contributed by atoms with Gasteiger partial charge in [0.15, 0.2) is 17.5 Å². The van der Waals surface area contributed by atoms with Gasteiger partial charge in [-0.2, -0.15) is 0 Å². The number of fused-ring (bicyclic) bond motifs is 5. The summed E-state index contributed by atoms with van der Waals surface area (Å²) in [5.74, 6) is 2.77. The maximum absolute atomic E-state index is 7.02. The summed E-state index contributed by atoms with van der Waals surface area (Å²) in [5, 5.41) is 2.47. The molecule has 1 aliphatic carbocycles. The number of ether oxygens (including phenoxy) is 1. The summed E-state index contributed by atoms with van der Waals surface area (Å²) in [4.78, 5) is 15.2. The summed E-state index contributed by atoms with van der Waals surface area (Å²) in [6.07, 6.45) is 2.99. The van der Waals surface area contributed by atoms with Crippen molar-refractivity contribution < 1.29 is 4.74 Å². The lowest BCUT2D eigenvalue weighted by Gasteiger charge is -2.20. The van der Waals surface area contributed by atoms with Gasteiger partial charge in [-0.05, 0) is 62.9 Å². The van der Waals surface area contributed by atoms with Gasteiger partial charge in [-0.15, -0.1) is 0 Å². The summed E-state index contributed by atoms with van der Waals surface area (Å²) in [6.45, 7) is 0. The molecule has 8 aromatic rings. The standard InChI is InChI=1S/C47H31N3O/c1-3-14-31(15-4-1)45-48-46(32-16-5-2-6-17-32)50-47(49-45)40-26-25-39(44-43(40)41-28-33-18-7-8-19-34(33)29-42(41)51-44)36-22-11-21-35(27-36)38-24-12-20-30-13-9-10-23-37(30)38/h1-28,42H,29H2. The molecule has 1 aliphatic heterocycles. The van der Waals surface area contributed by atoms with E-state index in [2.05, 4.69) is 109 Å². The van der Waals surface area contributed by atoms with Gasteiger partial charge >= 0.3 is 0 Å². The first-order valence-electron chi connectivity index (χ1n) is 17.4. The number of hydrogen-bond donors (Lipinski definition) is 0. The Hall–Kier alpha value is -6.65. The fourth-order valence-corrected chi connectivity index (χ4v) is 7.58. The van der Waals surface area contributed by atoms with Crippen molar-refractivity contribution in [1.29, 1.82) is 0 Å². The van der Waals surface area contributed by atoms with Crippen molar-refractivity contribution in [2.45, 2.75) is 12.5 Å². The van der Waals surface area contributed by atoms with Crippen LogP contribution in [0.1, 0.15) is 16.7 Å². The van der Waals surface area contributed by atoms with Crippen LogP contribution < -0.4 is 4.74 Å². The Labute approximate surface area is 296 Å². The highest BCUT2D eigenvalue weighted by atomic mass is 16.5. The summed E-state index contributed by atoms with van der Waals surface area (Å²) < 4.78 is 7.02. The molecule has 0 saturated heterocycles. The molecular weight excluding hydrogens is 623 g/mol. The van der Waals surface area contributed by atoms with Gasteiger partial charge in [-0.25, -0.2) is 15.0 Å². The van der Waals surface area contributed by atoms with Crippen molar-refractivity contribution in [2.24, 2.45) is 0 Å². The highest BCUT2D eigenvalue weighted by Crippen LogP contribution is 2.51. The number of aromatic nitrogens is 3. The number of nitrogens with zero attached hydrogens (tertiary/aromatic N) is 3. The molecule has 0 N–H and O–H groups in total. The van der Waals surface area contributed by atoms with E-state index in [4.69, 9.17) is 19.7 Å². The van der Waals surface area contributed by atoms with Crippen LogP contribution in [0.5, 0.6) is 5.75 Å². The second-order valence-electron chi connectivity index (χ2n) is 13.1. The average Bonchev–Trinajstić information content (AvgIpc) is 3.58. The van der Waals surface area contributed by atoms with Crippen LogP contribution in [-0.4, -0.2) is 21.1 Å². The molecule has 10 rings (SSSR count). The minimum atomic E-state index is -0.111. The van der Waals surface area contributed by atoms with Gasteiger partial charge in [0.2, 0.25) is 0 Å². The Balaban J connectivity index is 1.19. The zero-order valence-corrected chi connectivity index (χ0v) is 27.7. The second-order valence-corrected chi connectivity index (χ2v) is 13.1. The van der Waals surface area contributed by atoms with Gasteiger partial charge < -0.3 is 4.74 Å². The van der Waals surface area contributed by atoms with E-state index in [0.717, 1.165) is 51.1 Å². The largest absolute Gasteiger partial charge is 0.484 e. The van der Waals surface area contributed by atoms with E-state index in [0.29, 0.717) is 17.5 Å². The molecule has 2 heterocycles. The molecule has 7 aromatic carbocycles. The summed E-state index contributed by atoms with van der Waals surface area (Å²) in [7, 11) is 0. The SMILES string of the molecule is C1=C2c3c(-c4nc(-c5ccccc5)nc(-c5ccccc5)n4)ccc(-c4cccc(-c5cccc6ccccc56)c4)c3OC2Cc2ccccc21. The maximum atomic E-state index is 7.02. The van der Waals surface area contributed by atoms with Crippen LogP contribution in [0.3, 0.4) is 0 Å². The highest BCUT2D eigenvalue weighted by molar-refractivity contribution is 6.01. The van der Waals surface area contributed by atoms with E-state index in [-0.39, 0.29) is 6.10 Å². The Kier molecular flexibility index (Phi) is 6.91. The minimum Gasteiger partial charge on any atom is -0.484 e. The van der Waals surface area contributed by atoms with E-state index in [1.54, 1.807) is 0 Å². The molecule has 0 fully saturated rings. The predicted molar refractivity (Wildman–Crippen MR) is 207 cm³/mol. The monoisotopic (exact) mass is 653 g/mol. The van der Waals surface area contributed by atoms with Gasteiger partial charge in [0.05, 0.1) is 0 Å². The van der Waals surface area contributed by atoms with E-state index < -0.39 is 0 Å². The van der Waals surface area contributed by atoms with Gasteiger partial charge in [0.25, 0.3) is 0 Å². The first-order valence-corrected chi connectivity index (χ1v) is 17.4. The fraction of sp³-hybridized carbons (Fsp3) is 0.0426. The maximum Gasteiger partial charge on any atom is 0.164 e. The lowest BCUT2D eigenvalue weighted by Crippen LogP contribution is -2.19. The second kappa shape index (κ2) is 12.0. The molecule has 0 spiro atoms. The minimum absolute atomic E-state index is 0.111. The lowest BCUT2D eigenvalue weighted by atomic mass is 9.85. The predicted octanol–water partition coefficient (Wildman–Crippen LogP) is 11.2. The average molecular weight is 654 g/mol. The Morgan fingerprint density at radius 2 is 1.06 bits per heavy atom.